The van der Waals surface area contributed by atoms with Crippen LogP contribution < -0.4 is 21.0 Å². The molecule has 4 atom stereocenters. The van der Waals surface area contributed by atoms with Crippen molar-refractivity contribution < 1.29 is 33.8 Å². The second-order valence-electron chi connectivity index (χ2n) is 4.77. The molecule has 11 nitrogen and oxygen atoms in total. The zero-order valence-corrected chi connectivity index (χ0v) is 12.1. The van der Waals surface area contributed by atoms with E-state index in [9.17, 15) is 34.2 Å². The summed E-state index contributed by atoms with van der Waals surface area (Å²) >= 11 is 0. The fourth-order valence-electron chi connectivity index (χ4n) is 2.04. The summed E-state index contributed by atoms with van der Waals surface area (Å²) in [7, 11) is -5.27. The highest BCUT2D eigenvalue weighted by Gasteiger charge is 2.44. The number of nitrogens with zero attached hydrogens (tertiary/aromatic N) is 1. The molecule has 0 saturated carbocycles. The van der Waals surface area contributed by atoms with Gasteiger partial charge in [-0.05, 0) is 6.92 Å². The van der Waals surface area contributed by atoms with Crippen LogP contribution in [0.4, 0.5) is 0 Å². The first-order chi connectivity index (χ1) is 10.1. The quantitative estimate of drug-likeness (QED) is 0.467. The highest BCUT2D eigenvalue weighted by molar-refractivity contribution is 7.43. The van der Waals surface area contributed by atoms with Gasteiger partial charge >= 0.3 is 5.69 Å². The van der Waals surface area contributed by atoms with E-state index in [0.29, 0.717) is 0 Å². The number of nitrogens with one attached hydrogen (secondary N) is 1. The Labute approximate surface area is 123 Å². The van der Waals surface area contributed by atoms with Gasteiger partial charge in [0.25, 0.3) is 5.56 Å². The molecule has 2 heterocycles. The van der Waals surface area contributed by atoms with Crippen LogP contribution in [0, 0.1) is 6.92 Å². The maximum atomic E-state index is 11.7. The molecule has 0 radical (unpaired) electrons. The fourth-order valence-corrected chi connectivity index (χ4v) is 2.37. The molecule has 1 aliphatic heterocycles. The van der Waals surface area contributed by atoms with Gasteiger partial charge in [-0.25, -0.2) is 4.79 Å². The van der Waals surface area contributed by atoms with Crippen LogP contribution in [0.3, 0.4) is 0 Å². The first kappa shape index (κ1) is 17.0. The molecule has 1 saturated heterocycles. The van der Waals surface area contributed by atoms with Crippen LogP contribution in [0.1, 0.15) is 11.8 Å². The van der Waals surface area contributed by atoms with E-state index in [0.717, 1.165) is 10.8 Å². The number of hydrogen-bond donors (Lipinski definition) is 3. The summed E-state index contributed by atoms with van der Waals surface area (Å²) < 4.78 is 20.4. The Kier molecular flexibility index (Phi) is 4.68. The molecule has 1 aromatic heterocycles. The smallest absolute Gasteiger partial charge is 0.330 e. The molecule has 0 aliphatic carbocycles. The Hall–Kier alpha value is -1.33. The van der Waals surface area contributed by atoms with Crippen molar-refractivity contribution in [1.29, 1.82) is 0 Å². The van der Waals surface area contributed by atoms with Crippen LogP contribution in [0.5, 0.6) is 0 Å². The van der Waals surface area contributed by atoms with Crippen LogP contribution >= 0.6 is 7.82 Å². The minimum Gasteiger partial charge on any atom is -0.790 e. The van der Waals surface area contributed by atoms with Gasteiger partial charge in [0.15, 0.2) is 6.23 Å². The largest absolute Gasteiger partial charge is 0.790 e. The lowest BCUT2D eigenvalue weighted by atomic mass is 10.1. The maximum Gasteiger partial charge on any atom is 0.330 e. The number of H-pyrrole nitrogens is 1. The van der Waals surface area contributed by atoms with E-state index in [1.165, 1.54) is 6.92 Å². The van der Waals surface area contributed by atoms with E-state index in [1.807, 2.05) is 4.98 Å². The number of aliphatic hydroxyl groups excluding tert-OH is 2. The normalized spacial score (nSPS) is 29.0. The highest BCUT2D eigenvalue weighted by atomic mass is 31.2. The maximum absolute atomic E-state index is 11.7. The lowest BCUT2D eigenvalue weighted by Gasteiger charge is -2.30. The number of phosphoric ester groups is 1. The summed E-state index contributed by atoms with van der Waals surface area (Å²) in [6, 6.07) is 0. The second kappa shape index (κ2) is 6.05. The van der Waals surface area contributed by atoms with Crippen LogP contribution in [-0.4, -0.2) is 44.7 Å². The lowest BCUT2D eigenvalue weighted by molar-refractivity contribution is -0.343. The standard InChI is InChI=1S/C10H15N2O9P/c1-4-2-12(10(16)11-8(4)15)9-7(14)6(13)5(21-9)3-20-22(17,18)19/h2,5-7,9,13-14H,3H2,1H3,(H,11,15,16)(H2,17,18,19)/p-2/t5-,6-,7-,9-/m1/s1. The molecule has 2 rings (SSSR count). The number of rotatable bonds is 4. The second-order valence-corrected chi connectivity index (χ2v) is 5.92. The molecule has 22 heavy (non-hydrogen) atoms. The third kappa shape index (κ3) is 3.52. The summed E-state index contributed by atoms with van der Waals surface area (Å²) in [5, 5.41) is 19.7. The highest BCUT2D eigenvalue weighted by Crippen LogP contribution is 2.32. The number of aromatic amines is 1. The molecule has 1 fully saturated rings. The van der Waals surface area contributed by atoms with E-state index in [-0.39, 0.29) is 5.56 Å². The minimum absolute atomic E-state index is 0.160. The van der Waals surface area contributed by atoms with Gasteiger partial charge in [-0.15, -0.1) is 0 Å². The Morgan fingerprint density at radius 3 is 2.64 bits per heavy atom. The van der Waals surface area contributed by atoms with Gasteiger partial charge < -0.3 is 33.8 Å². The molecule has 0 spiro atoms. The van der Waals surface area contributed by atoms with Crippen molar-refractivity contribution >= 4 is 7.82 Å². The van der Waals surface area contributed by atoms with Gasteiger partial charge in [-0.2, -0.15) is 0 Å². The molecule has 0 bridgehead atoms. The summed E-state index contributed by atoms with van der Waals surface area (Å²) in [5.74, 6) is 0. The van der Waals surface area contributed by atoms with Crippen molar-refractivity contribution in [3.8, 4) is 0 Å². The topological polar surface area (TPSA) is 177 Å². The van der Waals surface area contributed by atoms with Crippen molar-refractivity contribution in [2.24, 2.45) is 0 Å². The number of aryl methyl sites for hydroxylation is 1. The number of ether oxygens (including phenoxy) is 1. The Morgan fingerprint density at radius 2 is 2.05 bits per heavy atom. The number of phosphoric acid groups is 1. The number of aromatic nitrogens is 2. The van der Waals surface area contributed by atoms with Gasteiger partial charge in [0, 0.05) is 11.8 Å². The molecule has 124 valence electrons. The lowest BCUT2D eigenvalue weighted by Crippen LogP contribution is -2.38. The van der Waals surface area contributed by atoms with Crippen molar-refractivity contribution in [3.63, 3.8) is 0 Å². The summed E-state index contributed by atoms with van der Waals surface area (Å²) in [6.07, 6.45) is -4.76. The summed E-state index contributed by atoms with van der Waals surface area (Å²) in [4.78, 5) is 45.8. The van der Waals surface area contributed by atoms with Crippen LogP contribution in [0.25, 0.3) is 0 Å². The zero-order valence-electron chi connectivity index (χ0n) is 11.2. The molecule has 12 heteroatoms. The Morgan fingerprint density at radius 1 is 1.41 bits per heavy atom. The SMILES string of the molecule is Cc1cn([C@@H]2O[C@H](COP(=O)([O-])[O-])[C@@H](O)[C@H]2O)c(=O)[nH]c1=O. The zero-order chi connectivity index (χ0) is 16.7. The predicted octanol–water partition coefficient (Wildman–Crippen LogP) is -3.69. The third-order valence-corrected chi connectivity index (χ3v) is 3.62. The van der Waals surface area contributed by atoms with E-state index in [2.05, 4.69) is 4.52 Å². The molecule has 0 amide bonds. The molecule has 0 unspecified atom stereocenters. The van der Waals surface area contributed by atoms with Gasteiger partial charge in [0.1, 0.15) is 18.3 Å². The molecular weight excluding hydrogens is 323 g/mol. The first-order valence-corrected chi connectivity index (χ1v) is 7.56. The predicted molar refractivity (Wildman–Crippen MR) is 65.5 cm³/mol. The van der Waals surface area contributed by atoms with Crippen molar-refractivity contribution in [1.82, 2.24) is 9.55 Å². The van der Waals surface area contributed by atoms with E-state index >= 15 is 0 Å². The number of aliphatic hydroxyl groups is 2. The van der Waals surface area contributed by atoms with E-state index < -0.39 is 50.2 Å². The molecule has 3 N–H and O–H groups in total. The van der Waals surface area contributed by atoms with Crippen LogP contribution in [0.2, 0.25) is 0 Å². The van der Waals surface area contributed by atoms with Crippen LogP contribution in [-0.2, 0) is 13.8 Å². The average Bonchev–Trinajstić information content (AvgIpc) is 2.68. The van der Waals surface area contributed by atoms with Crippen LogP contribution in [0.15, 0.2) is 15.8 Å². The molecule has 1 aliphatic rings. The van der Waals surface area contributed by atoms with Crippen molar-refractivity contribution in [3.05, 3.63) is 32.6 Å². The van der Waals surface area contributed by atoms with E-state index in [4.69, 9.17) is 4.74 Å². The monoisotopic (exact) mass is 336 g/mol. The van der Waals surface area contributed by atoms with Gasteiger partial charge in [0.2, 0.25) is 0 Å². The minimum atomic E-state index is -5.27. The Bertz CT molecular complexity index is 707. The summed E-state index contributed by atoms with van der Waals surface area (Å²) in [6.45, 7) is 0.605. The molecule has 1 aromatic rings. The Balaban J connectivity index is 2.23. The van der Waals surface area contributed by atoms with Crippen molar-refractivity contribution in [2.45, 2.75) is 31.5 Å². The fraction of sp³-hybridized carbons (Fsp3) is 0.600. The van der Waals surface area contributed by atoms with Gasteiger partial charge in [-0.3, -0.25) is 14.3 Å². The summed E-state index contributed by atoms with van der Waals surface area (Å²) in [5.41, 5.74) is -1.34. The van der Waals surface area contributed by atoms with E-state index in [1.54, 1.807) is 0 Å². The average molecular weight is 336 g/mol. The number of hydrogen-bond acceptors (Lipinski definition) is 9. The van der Waals surface area contributed by atoms with Gasteiger partial charge in [0.05, 0.1) is 14.4 Å². The van der Waals surface area contributed by atoms with Crippen molar-refractivity contribution in [2.75, 3.05) is 6.61 Å². The first-order valence-electron chi connectivity index (χ1n) is 6.10. The molecular formula is C10H13N2O9P-2. The molecule has 0 aromatic carbocycles. The van der Waals surface area contributed by atoms with Gasteiger partial charge in [-0.1, -0.05) is 0 Å². The third-order valence-electron chi connectivity index (χ3n) is 3.15.